The van der Waals surface area contributed by atoms with E-state index in [1.165, 1.54) is 10.5 Å². The Hall–Kier alpha value is -1.52. The standard InChI is InChI=1S/C16H15NOS2/c18-16(8-7-12-4-3-10-19-12)17-14-9-11-20-15-6-2-1-5-13(14)15/h1-8,10,14H,9,11H2,(H,17,18)/b8-7+/t14-/m1/s1. The Morgan fingerprint density at radius 3 is 3.00 bits per heavy atom. The highest BCUT2D eigenvalue weighted by molar-refractivity contribution is 7.99. The summed E-state index contributed by atoms with van der Waals surface area (Å²) in [6.45, 7) is 0. The number of carbonyl (C=O) groups excluding carboxylic acids is 1. The molecule has 102 valence electrons. The fourth-order valence-electron chi connectivity index (χ4n) is 2.26. The van der Waals surface area contributed by atoms with Gasteiger partial charge < -0.3 is 5.32 Å². The predicted molar refractivity (Wildman–Crippen MR) is 86.0 cm³/mol. The van der Waals surface area contributed by atoms with E-state index in [1.807, 2.05) is 47.5 Å². The Labute approximate surface area is 126 Å². The molecule has 3 rings (SSSR count). The molecule has 0 radical (unpaired) electrons. The lowest BCUT2D eigenvalue weighted by Crippen LogP contribution is -2.29. The Morgan fingerprint density at radius 1 is 1.25 bits per heavy atom. The van der Waals surface area contributed by atoms with Gasteiger partial charge in [0.05, 0.1) is 6.04 Å². The van der Waals surface area contributed by atoms with E-state index in [2.05, 4.69) is 17.4 Å². The predicted octanol–water partition coefficient (Wildman–Crippen LogP) is 4.11. The molecule has 1 amide bonds. The summed E-state index contributed by atoms with van der Waals surface area (Å²) in [5.74, 6) is 1.03. The van der Waals surface area contributed by atoms with Crippen LogP contribution in [0.5, 0.6) is 0 Å². The van der Waals surface area contributed by atoms with E-state index >= 15 is 0 Å². The van der Waals surface area contributed by atoms with Gasteiger partial charge in [0.25, 0.3) is 0 Å². The van der Waals surface area contributed by atoms with E-state index in [4.69, 9.17) is 0 Å². The molecule has 1 atom stereocenters. The van der Waals surface area contributed by atoms with E-state index in [1.54, 1.807) is 17.4 Å². The van der Waals surface area contributed by atoms with Crippen LogP contribution in [0, 0.1) is 0 Å². The highest BCUT2D eigenvalue weighted by Crippen LogP contribution is 2.35. The molecule has 0 saturated heterocycles. The van der Waals surface area contributed by atoms with Gasteiger partial charge in [0, 0.05) is 21.6 Å². The first kappa shape index (κ1) is 13.5. The number of carbonyl (C=O) groups is 1. The van der Waals surface area contributed by atoms with Crippen molar-refractivity contribution in [1.29, 1.82) is 0 Å². The summed E-state index contributed by atoms with van der Waals surface area (Å²) in [4.78, 5) is 14.4. The molecule has 2 nitrogen and oxygen atoms in total. The average molecular weight is 301 g/mol. The molecular weight excluding hydrogens is 286 g/mol. The summed E-state index contributed by atoms with van der Waals surface area (Å²) in [7, 11) is 0. The lowest BCUT2D eigenvalue weighted by molar-refractivity contribution is -0.117. The molecule has 1 aliphatic heterocycles. The smallest absolute Gasteiger partial charge is 0.244 e. The van der Waals surface area contributed by atoms with Crippen LogP contribution in [0.4, 0.5) is 0 Å². The van der Waals surface area contributed by atoms with E-state index in [-0.39, 0.29) is 11.9 Å². The minimum Gasteiger partial charge on any atom is -0.346 e. The Balaban J connectivity index is 1.68. The van der Waals surface area contributed by atoms with Crippen molar-refractivity contribution >= 4 is 35.1 Å². The summed E-state index contributed by atoms with van der Waals surface area (Å²) < 4.78 is 0. The van der Waals surface area contributed by atoms with Gasteiger partial charge in [-0.25, -0.2) is 0 Å². The first-order chi connectivity index (χ1) is 9.83. The fraction of sp³-hybridized carbons (Fsp3) is 0.188. The zero-order chi connectivity index (χ0) is 13.8. The average Bonchev–Trinajstić information content (AvgIpc) is 2.99. The molecule has 0 spiro atoms. The van der Waals surface area contributed by atoms with Gasteiger partial charge in [-0.1, -0.05) is 24.3 Å². The third-order valence-corrected chi connectivity index (χ3v) is 5.18. The lowest BCUT2D eigenvalue weighted by atomic mass is 10.0. The van der Waals surface area contributed by atoms with Crippen molar-refractivity contribution in [1.82, 2.24) is 5.32 Å². The molecule has 0 bridgehead atoms. The molecule has 2 aromatic rings. The quantitative estimate of drug-likeness (QED) is 0.864. The van der Waals surface area contributed by atoms with E-state index in [0.717, 1.165) is 17.1 Å². The van der Waals surface area contributed by atoms with Gasteiger partial charge in [-0.15, -0.1) is 23.1 Å². The minimum atomic E-state index is -0.0231. The van der Waals surface area contributed by atoms with Crippen LogP contribution in [-0.2, 0) is 4.79 Å². The van der Waals surface area contributed by atoms with Crippen molar-refractivity contribution in [2.24, 2.45) is 0 Å². The van der Waals surface area contributed by atoms with Gasteiger partial charge in [-0.3, -0.25) is 4.79 Å². The molecule has 0 fully saturated rings. The zero-order valence-electron chi connectivity index (χ0n) is 10.9. The molecule has 0 unspecified atom stereocenters. The van der Waals surface area contributed by atoms with Gasteiger partial charge in [0.15, 0.2) is 0 Å². The third kappa shape index (κ3) is 3.14. The minimum absolute atomic E-state index is 0.0231. The van der Waals surface area contributed by atoms with Gasteiger partial charge in [0.1, 0.15) is 0 Å². The zero-order valence-corrected chi connectivity index (χ0v) is 12.5. The van der Waals surface area contributed by atoms with Gasteiger partial charge in [-0.05, 0) is 35.6 Å². The molecule has 20 heavy (non-hydrogen) atoms. The topological polar surface area (TPSA) is 29.1 Å². The largest absolute Gasteiger partial charge is 0.346 e. The molecule has 4 heteroatoms. The SMILES string of the molecule is O=C(/C=C/c1cccs1)N[C@@H]1CCSc2ccccc21. The van der Waals surface area contributed by atoms with Crippen LogP contribution in [0.1, 0.15) is 22.9 Å². The maximum atomic E-state index is 12.0. The Kier molecular flexibility index (Phi) is 4.23. The van der Waals surface area contributed by atoms with Crippen molar-refractivity contribution in [3.63, 3.8) is 0 Å². The number of thioether (sulfide) groups is 1. The number of fused-ring (bicyclic) bond motifs is 1. The summed E-state index contributed by atoms with van der Waals surface area (Å²) >= 11 is 3.49. The maximum absolute atomic E-state index is 12.0. The molecule has 2 heterocycles. The van der Waals surface area contributed by atoms with Crippen LogP contribution in [0.25, 0.3) is 6.08 Å². The maximum Gasteiger partial charge on any atom is 0.244 e. The van der Waals surface area contributed by atoms with Gasteiger partial charge in [0.2, 0.25) is 5.91 Å². The molecule has 1 aromatic carbocycles. The Morgan fingerprint density at radius 2 is 2.15 bits per heavy atom. The highest BCUT2D eigenvalue weighted by Gasteiger charge is 2.20. The summed E-state index contributed by atoms with van der Waals surface area (Å²) in [6, 6.07) is 12.4. The van der Waals surface area contributed by atoms with Crippen molar-refractivity contribution in [2.75, 3.05) is 5.75 Å². The molecular formula is C16H15NOS2. The number of thiophene rings is 1. The number of hydrogen-bond acceptors (Lipinski definition) is 3. The van der Waals surface area contributed by atoms with Crippen LogP contribution >= 0.6 is 23.1 Å². The second-order valence-electron chi connectivity index (χ2n) is 4.58. The van der Waals surface area contributed by atoms with Crippen LogP contribution in [0.2, 0.25) is 0 Å². The molecule has 0 saturated carbocycles. The first-order valence-electron chi connectivity index (χ1n) is 6.57. The third-order valence-electron chi connectivity index (χ3n) is 3.22. The first-order valence-corrected chi connectivity index (χ1v) is 8.43. The van der Waals surface area contributed by atoms with Gasteiger partial charge in [-0.2, -0.15) is 0 Å². The van der Waals surface area contributed by atoms with Crippen molar-refractivity contribution < 1.29 is 4.79 Å². The number of benzene rings is 1. The molecule has 1 aliphatic rings. The van der Waals surface area contributed by atoms with E-state index in [0.29, 0.717) is 0 Å². The summed E-state index contributed by atoms with van der Waals surface area (Å²) in [5, 5.41) is 5.11. The number of hydrogen-bond donors (Lipinski definition) is 1. The van der Waals surface area contributed by atoms with Crippen LogP contribution < -0.4 is 5.32 Å². The van der Waals surface area contributed by atoms with Crippen LogP contribution in [-0.4, -0.2) is 11.7 Å². The number of amides is 1. The molecule has 0 aliphatic carbocycles. The Bertz CT molecular complexity index is 619. The van der Waals surface area contributed by atoms with Crippen molar-refractivity contribution in [3.05, 3.63) is 58.3 Å². The monoisotopic (exact) mass is 301 g/mol. The summed E-state index contributed by atoms with van der Waals surface area (Å²) in [5.41, 5.74) is 1.24. The number of nitrogens with one attached hydrogen (secondary N) is 1. The van der Waals surface area contributed by atoms with Gasteiger partial charge >= 0.3 is 0 Å². The van der Waals surface area contributed by atoms with E-state index < -0.39 is 0 Å². The van der Waals surface area contributed by atoms with Crippen LogP contribution in [0.15, 0.2) is 52.7 Å². The number of rotatable bonds is 3. The lowest BCUT2D eigenvalue weighted by Gasteiger charge is -2.25. The highest BCUT2D eigenvalue weighted by atomic mass is 32.2. The van der Waals surface area contributed by atoms with E-state index in [9.17, 15) is 4.79 Å². The van der Waals surface area contributed by atoms with Crippen molar-refractivity contribution in [3.8, 4) is 0 Å². The van der Waals surface area contributed by atoms with Crippen molar-refractivity contribution in [2.45, 2.75) is 17.4 Å². The molecule has 1 N–H and O–H groups in total. The fourth-order valence-corrected chi connectivity index (χ4v) is 4.00. The second-order valence-corrected chi connectivity index (χ2v) is 6.70. The second kappa shape index (κ2) is 6.29. The molecule has 1 aromatic heterocycles. The normalized spacial score (nSPS) is 17.9. The summed E-state index contributed by atoms with van der Waals surface area (Å²) in [6.07, 6.45) is 4.47. The van der Waals surface area contributed by atoms with Crippen LogP contribution in [0.3, 0.4) is 0 Å².